The van der Waals surface area contributed by atoms with Gasteiger partial charge in [0.15, 0.2) is 11.6 Å². The van der Waals surface area contributed by atoms with Crippen LogP contribution in [0.3, 0.4) is 0 Å². The number of nitrogens with zero attached hydrogens (tertiary/aromatic N) is 1. The molecule has 1 amide bonds. The van der Waals surface area contributed by atoms with Crippen molar-refractivity contribution >= 4 is 18.3 Å². The highest BCUT2D eigenvalue weighted by molar-refractivity contribution is 5.85. The lowest BCUT2D eigenvalue weighted by atomic mass is 10.1. The maximum absolute atomic E-state index is 13.3. The molecule has 0 bridgehead atoms. The van der Waals surface area contributed by atoms with Gasteiger partial charge in [-0.15, -0.1) is 12.4 Å². The molecule has 0 aromatic heterocycles. The SMILES string of the molecule is CNCCCC(=O)N1CCOC(c2ccc(F)c(F)c2)C1.Cl. The second-order valence-corrected chi connectivity index (χ2v) is 5.08. The van der Waals surface area contributed by atoms with E-state index >= 15 is 0 Å². The van der Waals surface area contributed by atoms with Crippen LogP contribution in [0.1, 0.15) is 24.5 Å². The first kappa shape index (κ1) is 18.8. The van der Waals surface area contributed by atoms with Crippen LogP contribution < -0.4 is 5.32 Å². The third-order valence-corrected chi connectivity index (χ3v) is 3.55. The summed E-state index contributed by atoms with van der Waals surface area (Å²) in [5, 5.41) is 3.00. The molecule has 1 atom stereocenters. The van der Waals surface area contributed by atoms with Crippen LogP contribution in [0, 0.1) is 11.6 Å². The molecule has 1 unspecified atom stereocenters. The predicted octanol–water partition coefficient (Wildman–Crippen LogP) is 2.29. The Morgan fingerprint density at radius 1 is 1.41 bits per heavy atom. The lowest BCUT2D eigenvalue weighted by Gasteiger charge is -2.33. The summed E-state index contributed by atoms with van der Waals surface area (Å²) in [7, 11) is 1.85. The van der Waals surface area contributed by atoms with Crippen molar-refractivity contribution in [3.63, 3.8) is 0 Å². The second-order valence-electron chi connectivity index (χ2n) is 5.08. The summed E-state index contributed by atoms with van der Waals surface area (Å²) >= 11 is 0. The molecule has 7 heteroatoms. The fourth-order valence-corrected chi connectivity index (χ4v) is 2.36. The van der Waals surface area contributed by atoms with Crippen LogP contribution in [0.25, 0.3) is 0 Å². The van der Waals surface area contributed by atoms with E-state index in [4.69, 9.17) is 4.74 Å². The summed E-state index contributed by atoms with van der Waals surface area (Å²) in [6.45, 7) is 2.12. The van der Waals surface area contributed by atoms with Gasteiger partial charge in [-0.05, 0) is 37.7 Å². The van der Waals surface area contributed by atoms with E-state index < -0.39 is 17.7 Å². The number of amides is 1. The van der Waals surface area contributed by atoms with E-state index in [1.807, 2.05) is 7.05 Å². The van der Waals surface area contributed by atoms with Gasteiger partial charge in [-0.3, -0.25) is 4.79 Å². The molecule has 1 aromatic carbocycles. The molecule has 1 aliphatic rings. The fraction of sp³-hybridized carbons (Fsp3) is 0.533. The first-order valence-electron chi connectivity index (χ1n) is 7.10. The second kappa shape index (κ2) is 9.02. The van der Waals surface area contributed by atoms with E-state index in [-0.39, 0.29) is 18.3 Å². The quantitative estimate of drug-likeness (QED) is 0.840. The minimum Gasteiger partial charge on any atom is -0.370 e. The number of morpholine rings is 1. The minimum absolute atomic E-state index is 0. The third kappa shape index (κ3) is 4.90. The summed E-state index contributed by atoms with van der Waals surface area (Å²) in [6.07, 6.45) is 0.857. The molecule has 0 spiro atoms. The van der Waals surface area contributed by atoms with E-state index in [2.05, 4.69) is 5.32 Å². The largest absolute Gasteiger partial charge is 0.370 e. The highest BCUT2D eigenvalue weighted by Gasteiger charge is 2.25. The smallest absolute Gasteiger partial charge is 0.222 e. The molecule has 1 N–H and O–H groups in total. The molecule has 2 rings (SSSR count). The number of halogens is 3. The monoisotopic (exact) mass is 334 g/mol. The summed E-state index contributed by atoms with van der Waals surface area (Å²) in [6, 6.07) is 3.72. The van der Waals surface area contributed by atoms with Crippen LogP contribution in [0.2, 0.25) is 0 Å². The maximum Gasteiger partial charge on any atom is 0.222 e. The van der Waals surface area contributed by atoms with Crippen molar-refractivity contribution in [3.8, 4) is 0 Å². The van der Waals surface area contributed by atoms with Gasteiger partial charge in [-0.2, -0.15) is 0 Å². The molecule has 1 aliphatic heterocycles. The molecule has 1 saturated heterocycles. The molecule has 124 valence electrons. The fourth-order valence-electron chi connectivity index (χ4n) is 2.36. The van der Waals surface area contributed by atoms with Gasteiger partial charge < -0.3 is 15.0 Å². The van der Waals surface area contributed by atoms with Crippen LogP contribution in [0.4, 0.5) is 8.78 Å². The van der Waals surface area contributed by atoms with Gasteiger partial charge in [0.05, 0.1) is 13.2 Å². The van der Waals surface area contributed by atoms with Gasteiger partial charge in [0, 0.05) is 13.0 Å². The first-order valence-corrected chi connectivity index (χ1v) is 7.10. The molecular formula is C15H21ClF2N2O2. The Balaban J connectivity index is 0.00000242. The van der Waals surface area contributed by atoms with Gasteiger partial charge in [0.1, 0.15) is 6.10 Å². The van der Waals surface area contributed by atoms with Gasteiger partial charge in [0.25, 0.3) is 0 Å². The summed E-state index contributed by atoms with van der Waals surface area (Å²) in [4.78, 5) is 13.8. The van der Waals surface area contributed by atoms with Crippen molar-refractivity contribution in [2.45, 2.75) is 18.9 Å². The molecule has 0 aliphatic carbocycles. The third-order valence-electron chi connectivity index (χ3n) is 3.55. The van der Waals surface area contributed by atoms with Gasteiger partial charge >= 0.3 is 0 Å². The van der Waals surface area contributed by atoms with Crippen molar-refractivity contribution < 1.29 is 18.3 Å². The predicted molar refractivity (Wildman–Crippen MR) is 82.0 cm³/mol. The van der Waals surface area contributed by atoms with Gasteiger partial charge in [0.2, 0.25) is 5.91 Å². The Hall–Kier alpha value is -1.24. The highest BCUT2D eigenvalue weighted by atomic mass is 35.5. The number of nitrogens with one attached hydrogen (secondary N) is 1. The topological polar surface area (TPSA) is 41.6 Å². The zero-order valence-electron chi connectivity index (χ0n) is 12.5. The lowest BCUT2D eigenvalue weighted by molar-refractivity contribution is -0.139. The Morgan fingerprint density at radius 2 is 2.18 bits per heavy atom. The number of benzene rings is 1. The van der Waals surface area contributed by atoms with Crippen molar-refractivity contribution in [2.24, 2.45) is 0 Å². The van der Waals surface area contributed by atoms with Crippen LogP contribution in [0.15, 0.2) is 18.2 Å². The average Bonchev–Trinajstić information content (AvgIpc) is 2.50. The van der Waals surface area contributed by atoms with E-state index in [1.54, 1.807) is 4.90 Å². The molecule has 1 aromatic rings. The van der Waals surface area contributed by atoms with E-state index in [0.717, 1.165) is 25.1 Å². The van der Waals surface area contributed by atoms with Crippen molar-refractivity contribution in [1.29, 1.82) is 0 Å². The number of hydrogen-bond donors (Lipinski definition) is 1. The highest BCUT2D eigenvalue weighted by Crippen LogP contribution is 2.24. The molecule has 1 heterocycles. The number of carbonyl (C=O) groups excluding carboxylic acids is 1. The number of ether oxygens (including phenoxy) is 1. The van der Waals surface area contributed by atoms with Crippen molar-refractivity contribution in [1.82, 2.24) is 10.2 Å². The zero-order valence-corrected chi connectivity index (χ0v) is 13.3. The first-order chi connectivity index (χ1) is 10.1. The summed E-state index contributed by atoms with van der Waals surface area (Å²) < 4.78 is 31.8. The number of rotatable bonds is 5. The molecule has 22 heavy (non-hydrogen) atoms. The molecule has 4 nitrogen and oxygen atoms in total. The van der Waals surface area contributed by atoms with E-state index in [9.17, 15) is 13.6 Å². The Kier molecular flexibility index (Phi) is 7.72. The maximum atomic E-state index is 13.3. The summed E-state index contributed by atoms with van der Waals surface area (Å²) in [5.41, 5.74) is 0.557. The van der Waals surface area contributed by atoms with Crippen molar-refractivity contribution in [3.05, 3.63) is 35.4 Å². The zero-order chi connectivity index (χ0) is 15.2. The Labute approximate surface area is 135 Å². The van der Waals surface area contributed by atoms with Crippen LogP contribution in [0.5, 0.6) is 0 Å². The Morgan fingerprint density at radius 3 is 2.86 bits per heavy atom. The number of carbonyl (C=O) groups is 1. The molecule has 0 saturated carbocycles. The molecular weight excluding hydrogens is 314 g/mol. The summed E-state index contributed by atoms with van der Waals surface area (Å²) in [5.74, 6) is -1.70. The average molecular weight is 335 g/mol. The lowest BCUT2D eigenvalue weighted by Crippen LogP contribution is -2.42. The number of hydrogen-bond acceptors (Lipinski definition) is 3. The minimum atomic E-state index is -0.895. The molecule has 1 fully saturated rings. The van der Waals surface area contributed by atoms with Crippen molar-refractivity contribution in [2.75, 3.05) is 33.3 Å². The normalized spacial score (nSPS) is 18.0. The van der Waals surface area contributed by atoms with E-state index in [1.165, 1.54) is 6.07 Å². The van der Waals surface area contributed by atoms with Crippen LogP contribution >= 0.6 is 12.4 Å². The van der Waals surface area contributed by atoms with Crippen LogP contribution in [-0.2, 0) is 9.53 Å². The van der Waals surface area contributed by atoms with E-state index in [0.29, 0.717) is 31.7 Å². The standard InChI is InChI=1S/C15H20F2N2O2.ClH/c1-18-6-2-3-15(20)19-7-8-21-14(10-19)11-4-5-12(16)13(17)9-11;/h4-5,9,14,18H,2-3,6-8,10H2,1H3;1H. The Bertz CT molecular complexity index is 502. The van der Waals surface area contributed by atoms with Crippen LogP contribution in [-0.4, -0.2) is 44.1 Å². The van der Waals surface area contributed by atoms with Gasteiger partial charge in [-0.25, -0.2) is 8.78 Å². The van der Waals surface area contributed by atoms with Gasteiger partial charge in [-0.1, -0.05) is 6.07 Å². The molecule has 0 radical (unpaired) electrons.